The molecule has 1 rings (SSSR count). The minimum atomic E-state index is -0.594. The summed E-state index contributed by atoms with van der Waals surface area (Å²) in [7, 11) is 0. The number of rotatable bonds is 10. The van der Waals surface area contributed by atoms with Crippen molar-refractivity contribution in [3.8, 4) is 5.75 Å². The molecule has 1 atom stereocenters. The fraction of sp³-hybridized carbons (Fsp3) is 0.600. The number of hydrogen-bond donors (Lipinski definition) is 2. The molecule has 108 valence electrons. The highest BCUT2D eigenvalue weighted by Gasteiger charge is 2.05. The SMILES string of the molecule is CCCCCOCC(O)COc1cccc(CN)c1. The van der Waals surface area contributed by atoms with E-state index >= 15 is 0 Å². The van der Waals surface area contributed by atoms with Gasteiger partial charge in [-0.2, -0.15) is 0 Å². The van der Waals surface area contributed by atoms with Crippen LogP contribution >= 0.6 is 0 Å². The molecule has 1 aromatic rings. The van der Waals surface area contributed by atoms with Gasteiger partial charge in [-0.15, -0.1) is 0 Å². The van der Waals surface area contributed by atoms with Crippen molar-refractivity contribution >= 4 is 0 Å². The van der Waals surface area contributed by atoms with Gasteiger partial charge in [0.25, 0.3) is 0 Å². The quantitative estimate of drug-likeness (QED) is 0.637. The summed E-state index contributed by atoms with van der Waals surface area (Å²) in [5.41, 5.74) is 6.57. The summed E-state index contributed by atoms with van der Waals surface area (Å²) in [6.45, 7) is 3.90. The predicted octanol–water partition coefficient (Wildman–Crippen LogP) is 2.09. The highest BCUT2D eigenvalue weighted by molar-refractivity contribution is 5.28. The molecule has 0 aliphatic rings. The Morgan fingerprint density at radius 1 is 1.26 bits per heavy atom. The lowest BCUT2D eigenvalue weighted by Gasteiger charge is -2.13. The molecule has 0 saturated carbocycles. The molecule has 0 fully saturated rings. The van der Waals surface area contributed by atoms with Crippen molar-refractivity contribution in [1.29, 1.82) is 0 Å². The Balaban J connectivity index is 2.16. The number of benzene rings is 1. The largest absolute Gasteiger partial charge is 0.491 e. The molecule has 0 amide bonds. The minimum absolute atomic E-state index is 0.238. The summed E-state index contributed by atoms with van der Waals surface area (Å²) in [5, 5.41) is 9.72. The molecule has 4 heteroatoms. The molecule has 1 aromatic carbocycles. The third-order valence-corrected chi connectivity index (χ3v) is 2.78. The Bertz CT molecular complexity index is 344. The van der Waals surface area contributed by atoms with E-state index in [1.807, 2.05) is 24.3 Å². The molecule has 0 heterocycles. The molecule has 0 bridgehead atoms. The summed E-state index contributed by atoms with van der Waals surface area (Å²) in [5.74, 6) is 0.730. The van der Waals surface area contributed by atoms with Crippen LogP contribution in [0.15, 0.2) is 24.3 Å². The zero-order valence-corrected chi connectivity index (χ0v) is 11.7. The van der Waals surface area contributed by atoms with Crippen LogP contribution in [0.5, 0.6) is 5.75 Å². The Morgan fingerprint density at radius 3 is 2.84 bits per heavy atom. The summed E-state index contributed by atoms with van der Waals surface area (Å²) in [6.07, 6.45) is 2.79. The number of hydrogen-bond acceptors (Lipinski definition) is 4. The van der Waals surface area contributed by atoms with E-state index in [2.05, 4.69) is 6.92 Å². The Morgan fingerprint density at radius 2 is 2.11 bits per heavy atom. The second-order valence-electron chi connectivity index (χ2n) is 4.60. The number of nitrogens with two attached hydrogens (primary N) is 1. The lowest BCUT2D eigenvalue weighted by molar-refractivity contribution is 0.0110. The molecule has 19 heavy (non-hydrogen) atoms. The third-order valence-electron chi connectivity index (χ3n) is 2.78. The van der Waals surface area contributed by atoms with Gasteiger partial charge in [-0.25, -0.2) is 0 Å². The molecular formula is C15H25NO3. The van der Waals surface area contributed by atoms with E-state index in [1.54, 1.807) is 0 Å². The van der Waals surface area contributed by atoms with E-state index in [1.165, 1.54) is 12.8 Å². The molecule has 0 spiro atoms. The van der Waals surface area contributed by atoms with Crippen LogP contribution in [0.25, 0.3) is 0 Å². The molecule has 0 aromatic heterocycles. The minimum Gasteiger partial charge on any atom is -0.491 e. The van der Waals surface area contributed by atoms with Crippen molar-refractivity contribution < 1.29 is 14.6 Å². The Hall–Kier alpha value is -1.10. The molecule has 0 saturated heterocycles. The zero-order valence-electron chi connectivity index (χ0n) is 11.7. The molecule has 0 aliphatic carbocycles. The normalized spacial score (nSPS) is 12.4. The van der Waals surface area contributed by atoms with Crippen LogP contribution in [0, 0.1) is 0 Å². The first-order chi connectivity index (χ1) is 9.26. The number of ether oxygens (including phenoxy) is 2. The van der Waals surface area contributed by atoms with Crippen LogP contribution in [-0.2, 0) is 11.3 Å². The average molecular weight is 267 g/mol. The summed E-state index contributed by atoms with van der Waals surface area (Å²) >= 11 is 0. The maximum atomic E-state index is 9.72. The van der Waals surface area contributed by atoms with Gasteiger partial charge in [0.15, 0.2) is 0 Å². The van der Waals surface area contributed by atoms with Crippen LogP contribution in [-0.4, -0.2) is 31.0 Å². The van der Waals surface area contributed by atoms with Crippen molar-refractivity contribution in [2.45, 2.75) is 38.8 Å². The van der Waals surface area contributed by atoms with Gasteiger partial charge in [-0.1, -0.05) is 31.9 Å². The molecule has 1 unspecified atom stereocenters. The smallest absolute Gasteiger partial charge is 0.119 e. The average Bonchev–Trinajstić information content (AvgIpc) is 2.45. The fourth-order valence-electron chi connectivity index (χ4n) is 1.68. The van der Waals surface area contributed by atoms with Crippen LogP contribution < -0.4 is 10.5 Å². The lowest BCUT2D eigenvalue weighted by Crippen LogP contribution is -2.23. The topological polar surface area (TPSA) is 64.7 Å². The van der Waals surface area contributed by atoms with Gasteiger partial charge in [0, 0.05) is 13.2 Å². The van der Waals surface area contributed by atoms with Gasteiger partial charge < -0.3 is 20.3 Å². The molecule has 0 aliphatic heterocycles. The van der Waals surface area contributed by atoms with E-state index in [0.29, 0.717) is 19.8 Å². The van der Waals surface area contributed by atoms with Crippen LogP contribution in [0.1, 0.15) is 31.7 Å². The standard InChI is InChI=1S/C15H25NO3/c1-2-3-4-8-18-11-14(17)12-19-15-7-5-6-13(9-15)10-16/h5-7,9,14,17H,2-4,8,10-12,16H2,1H3. The van der Waals surface area contributed by atoms with Gasteiger partial charge in [0.2, 0.25) is 0 Å². The van der Waals surface area contributed by atoms with Crippen molar-refractivity contribution in [3.63, 3.8) is 0 Å². The fourth-order valence-corrected chi connectivity index (χ4v) is 1.68. The van der Waals surface area contributed by atoms with Gasteiger partial charge in [0.05, 0.1) is 6.61 Å². The number of aliphatic hydroxyl groups excluding tert-OH is 1. The molecular weight excluding hydrogens is 242 g/mol. The highest BCUT2D eigenvalue weighted by Crippen LogP contribution is 2.13. The van der Waals surface area contributed by atoms with E-state index in [-0.39, 0.29) is 6.61 Å². The van der Waals surface area contributed by atoms with Gasteiger partial charge >= 0.3 is 0 Å². The monoisotopic (exact) mass is 267 g/mol. The van der Waals surface area contributed by atoms with Crippen molar-refractivity contribution in [3.05, 3.63) is 29.8 Å². The van der Waals surface area contributed by atoms with Crippen LogP contribution in [0.2, 0.25) is 0 Å². The lowest BCUT2D eigenvalue weighted by atomic mass is 10.2. The van der Waals surface area contributed by atoms with E-state index in [0.717, 1.165) is 17.7 Å². The molecule has 0 radical (unpaired) electrons. The van der Waals surface area contributed by atoms with Crippen LogP contribution in [0.3, 0.4) is 0 Å². The van der Waals surface area contributed by atoms with Crippen molar-refractivity contribution in [2.75, 3.05) is 19.8 Å². The van der Waals surface area contributed by atoms with E-state index < -0.39 is 6.10 Å². The maximum Gasteiger partial charge on any atom is 0.119 e. The predicted molar refractivity (Wildman–Crippen MR) is 76.2 cm³/mol. The van der Waals surface area contributed by atoms with Crippen LogP contribution in [0.4, 0.5) is 0 Å². The van der Waals surface area contributed by atoms with Gasteiger partial charge in [0.1, 0.15) is 18.5 Å². The van der Waals surface area contributed by atoms with E-state index in [4.69, 9.17) is 15.2 Å². The van der Waals surface area contributed by atoms with Gasteiger partial charge in [-0.05, 0) is 24.1 Å². The highest BCUT2D eigenvalue weighted by atomic mass is 16.5. The van der Waals surface area contributed by atoms with Crippen molar-refractivity contribution in [2.24, 2.45) is 5.73 Å². The second-order valence-corrected chi connectivity index (χ2v) is 4.60. The summed E-state index contributed by atoms with van der Waals surface area (Å²) < 4.78 is 10.9. The first-order valence-corrected chi connectivity index (χ1v) is 6.94. The Kier molecular flexibility index (Phi) is 8.21. The second kappa shape index (κ2) is 9.78. The molecule has 4 nitrogen and oxygen atoms in total. The van der Waals surface area contributed by atoms with Gasteiger partial charge in [-0.3, -0.25) is 0 Å². The third kappa shape index (κ3) is 7.15. The number of aliphatic hydroxyl groups is 1. The molecule has 3 N–H and O–H groups in total. The summed E-state index contributed by atoms with van der Waals surface area (Å²) in [6, 6.07) is 7.58. The summed E-state index contributed by atoms with van der Waals surface area (Å²) in [4.78, 5) is 0. The maximum absolute atomic E-state index is 9.72. The van der Waals surface area contributed by atoms with Crippen molar-refractivity contribution in [1.82, 2.24) is 0 Å². The first-order valence-electron chi connectivity index (χ1n) is 6.94. The zero-order chi connectivity index (χ0) is 13.9. The number of unbranched alkanes of at least 4 members (excludes halogenated alkanes) is 2. The van der Waals surface area contributed by atoms with E-state index in [9.17, 15) is 5.11 Å². The Labute approximate surface area is 115 Å². The first kappa shape index (κ1) is 16.0.